The minimum absolute atomic E-state index is 0.153. The SMILES string of the molecule is CCCCOc1ccc(-c2cc(C(=O)Nc3ccc(C(=O)OC)cc3)no2)cc1. The normalized spacial score (nSPS) is 10.4. The van der Waals surface area contributed by atoms with Gasteiger partial charge in [0.05, 0.1) is 19.3 Å². The quantitative estimate of drug-likeness (QED) is 0.445. The molecule has 0 fully saturated rings. The maximum atomic E-state index is 12.4. The van der Waals surface area contributed by atoms with Gasteiger partial charge in [0.2, 0.25) is 0 Å². The van der Waals surface area contributed by atoms with Crippen LogP contribution in [0.25, 0.3) is 11.3 Å². The molecule has 0 unspecified atom stereocenters. The lowest BCUT2D eigenvalue weighted by Gasteiger charge is -2.05. The maximum Gasteiger partial charge on any atom is 0.337 e. The van der Waals surface area contributed by atoms with Crippen LogP contribution in [0.4, 0.5) is 5.69 Å². The Bertz CT molecular complexity index is 962. The van der Waals surface area contributed by atoms with Gasteiger partial charge in [-0.05, 0) is 55.0 Å². The Hall–Kier alpha value is -3.61. The second kappa shape index (κ2) is 9.54. The van der Waals surface area contributed by atoms with Gasteiger partial charge in [0, 0.05) is 17.3 Å². The first-order valence-electron chi connectivity index (χ1n) is 9.30. The number of amides is 1. The molecule has 0 spiro atoms. The first kappa shape index (κ1) is 20.1. The number of unbranched alkanes of at least 4 members (excludes halogenated alkanes) is 1. The number of nitrogens with zero attached hydrogens (tertiary/aromatic N) is 1. The Morgan fingerprint density at radius 1 is 1.07 bits per heavy atom. The third-order valence-electron chi connectivity index (χ3n) is 4.21. The van der Waals surface area contributed by atoms with Crippen LogP contribution in [0.5, 0.6) is 5.75 Å². The van der Waals surface area contributed by atoms with Crippen LogP contribution in [0.1, 0.15) is 40.6 Å². The first-order chi connectivity index (χ1) is 14.1. The van der Waals surface area contributed by atoms with Gasteiger partial charge >= 0.3 is 5.97 Å². The maximum absolute atomic E-state index is 12.4. The molecule has 0 radical (unpaired) electrons. The standard InChI is InChI=1S/C22H22N2O5/c1-3-4-13-28-18-11-7-15(8-12-18)20-14-19(24-29-20)21(25)23-17-9-5-16(6-10-17)22(26)27-2/h5-12,14H,3-4,13H2,1-2H3,(H,23,25). The number of ether oxygens (including phenoxy) is 2. The summed E-state index contributed by atoms with van der Waals surface area (Å²) in [7, 11) is 1.31. The van der Waals surface area contributed by atoms with E-state index >= 15 is 0 Å². The van der Waals surface area contributed by atoms with E-state index in [1.165, 1.54) is 7.11 Å². The molecule has 1 amide bonds. The predicted octanol–water partition coefficient (Wildman–Crippen LogP) is 4.56. The number of hydrogen-bond acceptors (Lipinski definition) is 6. The van der Waals surface area contributed by atoms with Crippen LogP contribution < -0.4 is 10.1 Å². The fourth-order valence-corrected chi connectivity index (χ4v) is 2.57. The van der Waals surface area contributed by atoms with Gasteiger partial charge in [-0.25, -0.2) is 4.79 Å². The summed E-state index contributed by atoms with van der Waals surface area (Å²) in [6, 6.07) is 15.4. The molecule has 7 nitrogen and oxygen atoms in total. The van der Waals surface area contributed by atoms with E-state index in [1.807, 2.05) is 24.3 Å². The molecule has 0 aliphatic heterocycles. The zero-order valence-corrected chi connectivity index (χ0v) is 16.3. The van der Waals surface area contributed by atoms with Crippen LogP contribution in [0, 0.1) is 0 Å². The highest BCUT2D eigenvalue weighted by atomic mass is 16.5. The molecule has 0 bridgehead atoms. The molecule has 3 rings (SSSR count). The van der Waals surface area contributed by atoms with E-state index in [9.17, 15) is 9.59 Å². The van der Waals surface area contributed by atoms with Crippen LogP contribution >= 0.6 is 0 Å². The minimum Gasteiger partial charge on any atom is -0.494 e. The summed E-state index contributed by atoms with van der Waals surface area (Å²) >= 11 is 0. The molecule has 0 saturated heterocycles. The smallest absolute Gasteiger partial charge is 0.337 e. The Morgan fingerprint density at radius 3 is 2.45 bits per heavy atom. The average molecular weight is 394 g/mol. The summed E-state index contributed by atoms with van der Waals surface area (Å²) in [6.07, 6.45) is 2.09. The number of carbonyl (C=O) groups excluding carboxylic acids is 2. The van der Waals surface area contributed by atoms with E-state index in [2.05, 4.69) is 22.1 Å². The molecule has 0 saturated carbocycles. The van der Waals surface area contributed by atoms with Crippen molar-refractivity contribution in [2.75, 3.05) is 19.0 Å². The van der Waals surface area contributed by atoms with E-state index in [0.717, 1.165) is 24.2 Å². The highest BCUT2D eigenvalue weighted by Crippen LogP contribution is 2.24. The van der Waals surface area contributed by atoms with Crippen LogP contribution in [0.2, 0.25) is 0 Å². The van der Waals surface area contributed by atoms with Gasteiger partial charge in [-0.15, -0.1) is 0 Å². The van der Waals surface area contributed by atoms with Crippen molar-refractivity contribution in [1.29, 1.82) is 0 Å². The molecule has 29 heavy (non-hydrogen) atoms. The van der Waals surface area contributed by atoms with Crippen LogP contribution in [0.3, 0.4) is 0 Å². The molecule has 2 aromatic carbocycles. The van der Waals surface area contributed by atoms with E-state index in [4.69, 9.17) is 9.26 Å². The average Bonchev–Trinajstić information content (AvgIpc) is 3.25. The molecule has 1 heterocycles. The lowest BCUT2D eigenvalue weighted by Crippen LogP contribution is -2.12. The van der Waals surface area contributed by atoms with Crippen molar-refractivity contribution >= 4 is 17.6 Å². The molecule has 150 valence electrons. The fourth-order valence-electron chi connectivity index (χ4n) is 2.57. The summed E-state index contributed by atoms with van der Waals surface area (Å²) in [5, 5.41) is 6.55. The van der Waals surface area contributed by atoms with Crippen molar-refractivity contribution in [3.8, 4) is 17.1 Å². The highest BCUT2D eigenvalue weighted by molar-refractivity contribution is 6.03. The number of carbonyl (C=O) groups is 2. The van der Waals surface area contributed by atoms with Crippen LogP contribution in [-0.2, 0) is 4.74 Å². The van der Waals surface area contributed by atoms with Gasteiger partial charge < -0.3 is 19.3 Å². The number of aromatic nitrogens is 1. The van der Waals surface area contributed by atoms with Crippen molar-refractivity contribution in [2.24, 2.45) is 0 Å². The van der Waals surface area contributed by atoms with E-state index < -0.39 is 11.9 Å². The number of rotatable bonds is 8. The predicted molar refractivity (Wildman–Crippen MR) is 108 cm³/mol. The largest absolute Gasteiger partial charge is 0.494 e. The third kappa shape index (κ3) is 5.22. The zero-order chi connectivity index (χ0) is 20.6. The molecule has 1 aromatic heterocycles. The van der Waals surface area contributed by atoms with Crippen LogP contribution in [-0.4, -0.2) is 30.7 Å². The summed E-state index contributed by atoms with van der Waals surface area (Å²) in [5.41, 5.74) is 1.87. The summed E-state index contributed by atoms with van der Waals surface area (Å²) in [6.45, 7) is 2.80. The Balaban J connectivity index is 1.63. The highest BCUT2D eigenvalue weighted by Gasteiger charge is 2.14. The number of methoxy groups -OCH3 is 1. The fraction of sp³-hybridized carbons (Fsp3) is 0.227. The summed E-state index contributed by atoms with van der Waals surface area (Å²) in [5.74, 6) is 0.419. The second-order valence-electron chi connectivity index (χ2n) is 6.33. The number of esters is 1. The number of anilines is 1. The first-order valence-corrected chi connectivity index (χ1v) is 9.30. The molecule has 7 heteroatoms. The van der Waals surface area contributed by atoms with Crippen molar-refractivity contribution in [1.82, 2.24) is 5.16 Å². The van der Waals surface area contributed by atoms with Gasteiger partial charge in [-0.1, -0.05) is 18.5 Å². The molecular formula is C22H22N2O5. The Morgan fingerprint density at radius 2 is 1.79 bits per heavy atom. The van der Waals surface area contributed by atoms with Gasteiger partial charge in [0.15, 0.2) is 11.5 Å². The lowest BCUT2D eigenvalue weighted by molar-refractivity contribution is 0.0600. The molecule has 1 N–H and O–H groups in total. The van der Waals surface area contributed by atoms with Gasteiger partial charge in [0.1, 0.15) is 5.75 Å². The zero-order valence-electron chi connectivity index (χ0n) is 16.3. The van der Waals surface area contributed by atoms with Gasteiger partial charge in [-0.3, -0.25) is 4.79 Å². The lowest BCUT2D eigenvalue weighted by atomic mass is 10.1. The van der Waals surface area contributed by atoms with Crippen LogP contribution in [0.15, 0.2) is 59.1 Å². The molecule has 3 aromatic rings. The molecule has 0 aliphatic rings. The number of nitrogens with one attached hydrogen (secondary N) is 1. The second-order valence-corrected chi connectivity index (χ2v) is 6.33. The Labute approximate surface area is 168 Å². The topological polar surface area (TPSA) is 90.7 Å². The Kier molecular flexibility index (Phi) is 6.63. The summed E-state index contributed by atoms with van der Waals surface area (Å²) < 4.78 is 15.6. The summed E-state index contributed by atoms with van der Waals surface area (Å²) in [4.78, 5) is 23.8. The van der Waals surface area contributed by atoms with E-state index in [-0.39, 0.29) is 5.69 Å². The molecular weight excluding hydrogens is 372 g/mol. The monoisotopic (exact) mass is 394 g/mol. The van der Waals surface area contributed by atoms with Crippen molar-refractivity contribution in [3.63, 3.8) is 0 Å². The van der Waals surface area contributed by atoms with Gasteiger partial charge in [0.25, 0.3) is 5.91 Å². The van der Waals surface area contributed by atoms with Crippen molar-refractivity contribution in [2.45, 2.75) is 19.8 Å². The molecule has 0 atom stereocenters. The molecule has 0 aliphatic carbocycles. The van der Waals surface area contributed by atoms with Gasteiger partial charge in [-0.2, -0.15) is 0 Å². The van der Waals surface area contributed by atoms with E-state index in [1.54, 1.807) is 30.3 Å². The number of hydrogen-bond donors (Lipinski definition) is 1. The third-order valence-corrected chi connectivity index (χ3v) is 4.21. The van der Waals surface area contributed by atoms with Crippen molar-refractivity contribution in [3.05, 3.63) is 65.9 Å². The number of benzene rings is 2. The minimum atomic E-state index is -0.439. The van der Waals surface area contributed by atoms with E-state index in [0.29, 0.717) is 23.6 Å². The van der Waals surface area contributed by atoms with Crippen molar-refractivity contribution < 1.29 is 23.6 Å².